The average Bonchev–Trinajstić information content (AvgIpc) is 3.28. The van der Waals surface area contributed by atoms with Crippen LogP contribution >= 0.6 is 23.1 Å². The van der Waals surface area contributed by atoms with Crippen LogP contribution in [0.25, 0.3) is 0 Å². The molecule has 5 nitrogen and oxygen atoms in total. The molecule has 0 amide bonds. The first-order valence-electron chi connectivity index (χ1n) is 9.03. The van der Waals surface area contributed by atoms with Crippen LogP contribution < -0.4 is 5.32 Å². The van der Waals surface area contributed by atoms with Crippen molar-refractivity contribution in [3.63, 3.8) is 0 Å². The quantitative estimate of drug-likeness (QED) is 0.431. The van der Waals surface area contributed by atoms with E-state index in [1.807, 2.05) is 18.2 Å². The van der Waals surface area contributed by atoms with Crippen LogP contribution in [0.2, 0.25) is 0 Å². The molecule has 140 valence electrons. The van der Waals surface area contributed by atoms with Crippen molar-refractivity contribution in [2.75, 3.05) is 11.1 Å². The lowest BCUT2D eigenvalue weighted by atomic mass is 10.2. The molecule has 7 heteroatoms. The number of Topliss-reactive ketones (excluding diaryl/α,β-unsaturated/α-hetero) is 1. The molecule has 0 bridgehead atoms. The van der Waals surface area contributed by atoms with Crippen molar-refractivity contribution in [2.24, 2.45) is 0 Å². The van der Waals surface area contributed by atoms with Gasteiger partial charge in [-0.1, -0.05) is 35.2 Å². The Kier molecular flexibility index (Phi) is 5.06. The topological polar surface area (TPSA) is 59.8 Å². The Labute approximate surface area is 167 Å². The van der Waals surface area contributed by atoms with Gasteiger partial charge in [-0.25, -0.2) is 0 Å². The smallest absolute Gasteiger partial charge is 0.210 e. The van der Waals surface area contributed by atoms with Crippen molar-refractivity contribution in [2.45, 2.75) is 44.0 Å². The molecule has 0 unspecified atom stereocenters. The minimum absolute atomic E-state index is 0.156. The number of rotatable bonds is 7. The molecule has 1 aliphatic rings. The predicted octanol–water partition coefficient (Wildman–Crippen LogP) is 5.32. The van der Waals surface area contributed by atoms with Gasteiger partial charge in [0, 0.05) is 28.7 Å². The molecule has 1 aliphatic carbocycles. The number of hydrogen-bond acceptors (Lipinski definition) is 6. The summed E-state index contributed by atoms with van der Waals surface area (Å²) in [4.78, 5) is 12.7. The number of ketones is 1. The third kappa shape index (κ3) is 4.09. The predicted molar refractivity (Wildman–Crippen MR) is 112 cm³/mol. The average molecular weight is 399 g/mol. The Morgan fingerprint density at radius 3 is 2.81 bits per heavy atom. The highest BCUT2D eigenvalue weighted by Gasteiger charge is 2.28. The number of aryl methyl sites for hydroxylation is 2. The van der Waals surface area contributed by atoms with Crippen LogP contribution in [0.4, 0.5) is 10.8 Å². The van der Waals surface area contributed by atoms with E-state index in [4.69, 9.17) is 0 Å². The van der Waals surface area contributed by atoms with Gasteiger partial charge in [-0.15, -0.1) is 10.2 Å². The molecule has 2 aromatic heterocycles. The molecule has 0 radical (unpaired) electrons. The highest BCUT2D eigenvalue weighted by molar-refractivity contribution is 8.01. The summed E-state index contributed by atoms with van der Waals surface area (Å²) >= 11 is 2.92. The van der Waals surface area contributed by atoms with E-state index in [-0.39, 0.29) is 5.78 Å². The fourth-order valence-corrected chi connectivity index (χ4v) is 4.98. The Bertz CT molecular complexity index is 988. The molecule has 2 heterocycles. The number of nitrogens with one attached hydrogen (secondary N) is 1. The lowest BCUT2D eigenvalue weighted by Crippen LogP contribution is -2.05. The monoisotopic (exact) mass is 398 g/mol. The number of benzene rings is 1. The van der Waals surface area contributed by atoms with E-state index >= 15 is 0 Å². The second kappa shape index (κ2) is 7.48. The summed E-state index contributed by atoms with van der Waals surface area (Å²) in [7, 11) is 0. The molecule has 4 rings (SSSR count). The normalized spacial score (nSPS) is 13.7. The molecule has 27 heavy (non-hydrogen) atoms. The molecule has 0 saturated heterocycles. The lowest BCUT2D eigenvalue weighted by molar-refractivity contribution is 0.102. The molecule has 1 aromatic carbocycles. The fourth-order valence-electron chi connectivity index (χ4n) is 3.32. The summed E-state index contributed by atoms with van der Waals surface area (Å²) in [5.41, 5.74) is 5.30. The third-order valence-corrected chi connectivity index (χ3v) is 6.67. The molecular weight excluding hydrogens is 376 g/mol. The van der Waals surface area contributed by atoms with Crippen LogP contribution in [0.1, 0.15) is 46.2 Å². The lowest BCUT2D eigenvalue weighted by Gasteiger charge is -2.07. The fraction of sp³-hybridized carbons (Fsp3) is 0.350. The number of hydrogen-bond donors (Lipinski definition) is 1. The largest absolute Gasteiger partial charge is 0.345 e. The zero-order chi connectivity index (χ0) is 19.0. The van der Waals surface area contributed by atoms with E-state index in [0.717, 1.165) is 26.4 Å². The summed E-state index contributed by atoms with van der Waals surface area (Å²) in [6.45, 7) is 6.19. The summed E-state index contributed by atoms with van der Waals surface area (Å²) < 4.78 is 3.11. The molecule has 1 saturated carbocycles. The first-order valence-corrected chi connectivity index (χ1v) is 10.8. The number of carbonyl (C=O) groups excluding carboxylic acids is 1. The molecule has 3 aromatic rings. The standard InChI is InChI=1S/C20H22N4OS2/c1-12-5-4-6-15(9-12)21-19-22-23-20(27-19)26-11-18(25)17-10-13(2)24(14(17)3)16-7-8-16/h4-6,9-10,16H,7-8,11H2,1-3H3,(H,21,22). The van der Waals surface area contributed by atoms with Gasteiger partial charge in [0.2, 0.25) is 5.13 Å². The number of carbonyl (C=O) groups is 1. The maximum absolute atomic E-state index is 12.7. The van der Waals surface area contributed by atoms with E-state index in [1.165, 1.54) is 47.2 Å². The van der Waals surface area contributed by atoms with E-state index < -0.39 is 0 Å². The van der Waals surface area contributed by atoms with Gasteiger partial charge in [0.05, 0.1) is 5.75 Å². The van der Waals surface area contributed by atoms with E-state index in [1.54, 1.807) is 0 Å². The van der Waals surface area contributed by atoms with Crippen molar-refractivity contribution in [3.8, 4) is 0 Å². The highest BCUT2D eigenvalue weighted by Crippen LogP contribution is 2.38. The zero-order valence-electron chi connectivity index (χ0n) is 15.7. The van der Waals surface area contributed by atoms with Crippen LogP contribution in [0.3, 0.4) is 0 Å². The van der Waals surface area contributed by atoms with Crippen LogP contribution in [-0.2, 0) is 0 Å². The Hall–Kier alpha value is -2.12. The molecule has 0 aliphatic heterocycles. The van der Waals surface area contributed by atoms with Gasteiger partial charge in [-0.2, -0.15) is 0 Å². The summed E-state index contributed by atoms with van der Waals surface area (Å²) in [5.74, 6) is 0.539. The Balaban J connectivity index is 1.38. The van der Waals surface area contributed by atoms with Gasteiger partial charge in [0.25, 0.3) is 0 Å². The summed E-state index contributed by atoms with van der Waals surface area (Å²) in [6.07, 6.45) is 2.44. The van der Waals surface area contributed by atoms with Gasteiger partial charge in [-0.3, -0.25) is 4.79 Å². The minimum atomic E-state index is 0.156. The van der Waals surface area contributed by atoms with Crippen molar-refractivity contribution in [3.05, 3.63) is 52.8 Å². The second-order valence-electron chi connectivity index (χ2n) is 6.97. The number of nitrogens with zero attached hydrogens (tertiary/aromatic N) is 3. The molecule has 0 atom stereocenters. The number of aromatic nitrogens is 3. The maximum atomic E-state index is 12.7. The van der Waals surface area contributed by atoms with Crippen molar-refractivity contribution in [1.82, 2.24) is 14.8 Å². The van der Waals surface area contributed by atoms with Crippen LogP contribution in [0.5, 0.6) is 0 Å². The number of anilines is 2. The SMILES string of the molecule is Cc1cccc(Nc2nnc(SCC(=O)c3cc(C)n(C4CC4)c3C)s2)c1. The third-order valence-electron chi connectivity index (χ3n) is 4.70. The van der Waals surface area contributed by atoms with Crippen molar-refractivity contribution < 1.29 is 4.79 Å². The van der Waals surface area contributed by atoms with Gasteiger partial charge in [0.1, 0.15) is 0 Å². The molecular formula is C20H22N4OS2. The number of thioether (sulfide) groups is 1. The van der Waals surface area contributed by atoms with Gasteiger partial charge >= 0.3 is 0 Å². The summed E-state index contributed by atoms with van der Waals surface area (Å²) in [6, 6.07) is 10.7. The van der Waals surface area contributed by atoms with Crippen molar-refractivity contribution >= 4 is 39.7 Å². The van der Waals surface area contributed by atoms with Crippen LogP contribution in [0, 0.1) is 20.8 Å². The van der Waals surface area contributed by atoms with Crippen LogP contribution in [-0.4, -0.2) is 26.3 Å². The Morgan fingerprint density at radius 1 is 1.26 bits per heavy atom. The van der Waals surface area contributed by atoms with E-state index in [2.05, 4.69) is 53.0 Å². The van der Waals surface area contributed by atoms with Gasteiger partial charge in [-0.05, 0) is 57.4 Å². The summed E-state index contributed by atoms with van der Waals surface area (Å²) in [5, 5.41) is 12.4. The van der Waals surface area contributed by atoms with Gasteiger partial charge < -0.3 is 9.88 Å². The minimum Gasteiger partial charge on any atom is -0.345 e. The Morgan fingerprint density at radius 2 is 2.07 bits per heavy atom. The van der Waals surface area contributed by atoms with E-state index in [0.29, 0.717) is 11.8 Å². The molecule has 1 fully saturated rings. The second-order valence-corrected chi connectivity index (χ2v) is 9.17. The molecule has 0 spiro atoms. The molecule has 1 N–H and O–H groups in total. The van der Waals surface area contributed by atoms with E-state index in [9.17, 15) is 4.79 Å². The van der Waals surface area contributed by atoms with Gasteiger partial charge in [0.15, 0.2) is 10.1 Å². The highest BCUT2D eigenvalue weighted by atomic mass is 32.2. The van der Waals surface area contributed by atoms with Crippen LogP contribution in [0.15, 0.2) is 34.7 Å². The van der Waals surface area contributed by atoms with Crippen molar-refractivity contribution in [1.29, 1.82) is 0 Å². The first kappa shape index (κ1) is 18.3. The maximum Gasteiger partial charge on any atom is 0.210 e. The first-order chi connectivity index (χ1) is 13.0. The zero-order valence-corrected chi connectivity index (χ0v) is 17.3.